The summed E-state index contributed by atoms with van der Waals surface area (Å²) in [5.41, 5.74) is 6.13. The highest BCUT2D eigenvalue weighted by Crippen LogP contribution is 2.20. The van der Waals surface area contributed by atoms with Crippen molar-refractivity contribution in [1.29, 1.82) is 0 Å². The Labute approximate surface area is 164 Å². The van der Waals surface area contributed by atoms with E-state index in [9.17, 15) is 18.0 Å². The van der Waals surface area contributed by atoms with Crippen LogP contribution >= 0.6 is 22.7 Å². The molecular formula is C17H15N3O4S3. The van der Waals surface area contributed by atoms with Crippen molar-refractivity contribution in [3.05, 3.63) is 69.2 Å². The highest BCUT2D eigenvalue weighted by molar-refractivity contribution is 7.94. The molecule has 0 aliphatic rings. The predicted octanol–water partition coefficient (Wildman–Crippen LogP) is 2.99. The zero-order chi connectivity index (χ0) is 19.4. The minimum atomic E-state index is -3.64. The smallest absolute Gasteiger partial charge is 0.279 e. The van der Waals surface area contributed by atoms with E-state index < -0.39 is 21.8 Å². The number of benzene rings is 1. The highest BCUT2D eigenvalue weighted by atomic mass is 32.2. The van der Waals surface area contributed by atoms with Crippen LogP contribution in [0, 0.1) is 6.92 Å². The first-order valence-electron chi connectivity index (χ1n) is 7.68. The number of carbonyl (C=O) groups excluding carboxylic acids is 2. The van der Waals surface area contributed by atoms with Gasteiger partial charge in [0.1, 0.15) is 4.21 Å². The molecule has 0 saturated heterocycles. The van der Waals surface area contributed by atoms with E-state index in [4.69, 9.17) is 0 Å². The van der Waals surface area contributed by atoms with E-state index in [0.29, 0.717) is 10.6 Å². The molecule has 7 nitrogen and oxygen atoms in total. The molecule has 2 heterocycles. The number of amides is 2. The standard InChI is InChI=1S/C17H15N3O4S3/c1-11-8-10-26-15(11)17(22)19-18-16(21)12-4-6-13(7-5-12)20-27(23,24)14-3-2-9-25-14/h2-10,20H,1H3,(H,18,21)(H,19,22). The number of aryl methyl sites for hydroxylation is 1. The molecule has 0 bridgehead atoms. The lowest BCUT2D eigenvalue weighted by Gasteiger charge is -2.09. The molecule has 0 unspecified atom stereocenters. The Morgan fingerprint density at radius 3 is 2.19 bits per heavy atom. The number of sulfonamides is 1. The second-order valence-corrected chi connectivity index (χ2v) is 9.23. The van der Waals surface area contributed by atoms with E-state index in [1.807, 2.05) is 13.0 Å². The normalized spacial score (nSPS) is 11.0. The monoisotopic (exact) mass is 421 g/mol. The second kappa shape index (κ2) is 7.91. The summed E-state index contributed by atoms with van der Waals surface area (Å²) in [7, 11) is -3.64. The summed E-state index contributed by atoms with van der Waals surface area (Å²) >= 11 is 2.40. The van der Waals surface area contributed by atoms with Crippen LogP contribution in [0.5, 0.6) is 0 Å². The van der Waals surface area contributed by atoms with E-state index >= 15 is 0 Å². The Morgan fingerprint density at radius 1 is 0.889 bits per heavy atom. The summed E-state index contributed by atoms with van der Waals surface area (Å²) in [5, 5.41) is 3.47. The number of hydrogen-bond donors (Lipinski definition) is 3. The molecule has 0 atom stereocenters. The van der Waals surface area contributed by atoms with Crippen molar-refractivity contribution >= 4 is 50.2 Å². The number of anilines is 1. The summed E-state index contributed by atoms with van der Waals surface area (Å²) in [6.07, 6.45) is 0. The van der Waals surface area contributed by atoms with E-state index in [0.717, 1.165) is 16.9 Å². The lowest BCUT2D eigenvalue weighted by molar-refractivity contribution is 0.0848. The van der Waals surface area contributed by atoms with Crippen molar-refractivity contribution in [3.8, 4) is 0 Å². The number of thiophene rings is 2. The quantitative estimate of drug-likeness (QED) is 0.551. The van der Waals surface area contributed by atoms with Gasteiger partial charge in [-0.1, -0.05) is 6.07 Å². The SMILES string of the molecule is Cc1ccsc1C(=O)NNC(=O)c1ccc(NS(=O)(=O)c2cccs2)cc1. The molecule has 0 saturated carbocycles. The molecule has 3 aromatic rings. The zero-order valence-corrected chi connectivity index (χ0v) is 16.5. The number of nitrogens with one attached hydrogen (secondary N) is 3. The first kappa shape index (κ1) is 19.1. The Bertz CT molecular complexity index is 1060. The van der Waals surface area contributed by atoms with Gasteiger partial charge < -0.3 is 0 Å². The first-order chi connectivity index (χ1) is 12.9. The summed E-state index contributed by atoms with van der Waals surface area (Å²) < 4.78 is 27.0. The lowest BCUT2D eigenvalue weighted by atomic mass is 10.2. The van der Waals surface area contributed by atoms with Crippen molar-refractivity contribution in [2.45, 2.75) is 11.1 Å². The van der Waals surface area contributed by atoms with Crippen LogP contribution in [0.1, 0.15) is 25.6 Å². The van der Waals surface area contributed by atoms with Gasteiger partial charge in [0.25, 0.3) is 21.8 Å². The molecule has 0 radical (unpaired) electrons. The topological polar surface area (TPSA) is 104 Å². The van der Waals surface area contributed by atoms with Gasteiger partial charge in [-0.05, 0) is 59.6 Å². The minimum absolute atomic E-state index is 0.205. The Balaban J connectivity index is 1.61. The third kappa shape index (κ3) is 4.54. The van der Waals surface area contributed by atoms with Gasteiger partial charge in [-0.3, -0.25) is 25.2 Å². The van der Waals surface area contributed by atoms with E-state index in [2.05, 4.69) is 15.6 Å². The Morgan fingerprint density at radius 2 is 1.59 bits per heavy atom. The van der Waals surface area contributed by atoms with E-state index in [1.54, 1.807) is 16.8 Å². The van der Waals surface area contributed by atoms with Crippen LogP contribution in [0.15, 0.2) is 57.4 Å². The van der Waals surface area contributed by atoms with Crippen LogP contribution in [-0.4, -0.2) is 20.2 Å². The van der Waals surface area contributed by atoms with Crippen molar-refractivity contribution in [2.75, 3.05) is 4.72 Å². The minimum Gasteiger partial charge on any atom is -0.279 e. The molecule has 10 heteroatoms. The maximum atomic E-state index is 12.2. The molecule has 0 fully saturated rings. The number of rotatable bonds is 5. The van der Waals surface area contributed by atoms with Gasteiger partial charge in [0.15, 0.2) is 0 Å². The average molecular weight is 422 g/mol. The maximum Gasteiger partial charge on any atom is 0.280 e. The molecular weight excluding hydrogens is 406 g/mol. The van der Waals surface area contributed by atoms with Gasteiger partial charge in [-0.25, -0.2) is 8.42 Å². The molecule has 27 heavy (non-hydrogen) atoms. The van der Waals surface area contributed by atoms with Gasteiger partial charge in [0.2, 0.25) is 0 Å². The average Bonchev–Trinajstić information content (AvgIpc) is 3.31. The molecule has 0 spiro atoms. The summed E-state index contributed by atoms with van der Waals surface area (Å²) in [6, 6.07) is 10.9. The zero-order valence-electron chi connectivity index (χ0n) is 14.1. The van der Waals surface area contributed by atoms with E-state index in [-0.39, 0.29) is 9.77 Å². The van der Waals surface area contributed by atoms with Gasteiger partial charge in [0.05, 0.1) is 4.88 Å². The number of hydrogen-bond acceptors (Lipinski definition) is 6. The fraction of sp³-hybridized carbons (Fsp3) is 0.0588. The first-order valence-corrected chi connectivity index (χ1v) is 10.9. The van der Waals surface area contributed by atoms with Gasteiger partial charge >= 0.3 is 0 Å². The highest BCUT2D eigenvalue weighted by Gasteiger charge is 2.16. The van der Waals surface area contributed by atoms with Crippen LogP contribution in [0.4, 0.5) is 5.69 Å². The molecule has 1 aromatic carbocycles. The van der Waals surface area contributed by atoms with Crippen molar-refractivity contribution in [1.82, 2.24) is 10.9 Å². The van der Waals surface area contributed by atoms with Gasteiger partial charge in [-0.15, -0.1) is 22.7 Å². The third-order valence-electron chi connectivity index (χ3n) is 3.52. The van der Waals surface area contributed by atoms with Crippen LogP contribution in [0.3, 0.4) is 0 Å². The molecule has 3 rings (SSSR count). The summed E-state index contributed by atoms with van der Waals surface area (Å²) in [5.74, 6) is -0.901. The Kier molecular flexibility index (Phi) is 5.59. The van der Waals surface area contributed by atoms with Crippen LogP contribution < -0.4 is 15.6 Å². The van der Waals surface area contributed by atoms with E-state index in [1.165, 1.54) is 41.7 Å². The molecule has 140 valence electrons. The van der Waals surface area contributed by atoms with Crippen molar-refractivity contribution < 1.29 is 18.0 Å². The number of hydrazine groups is 1. The van der Waals surface area contributed by atoms with Crippen molar-refractivity contribution in [3.63, 3.8) is 0 Å². The third-order valence-corrected chi connectivity index (χ3v) is 7.31. The summed E-state index contributed by atoms with van der Waals surface area (Å²) in [6.45, 7) is 1.81. The van der Waals surface area contributed by atoms with Crippen LogP contribution in [-0.2, 0) is 10.0 Å². The fourth-order valence-electron chi connectivity index (χ4n) is 2.16. The fourth-order valence-corrected chi connectivity index (χ4v) is 5.03. The maximum absolute atomic E-state index is 12.2. The van der Waals surface area contributed by atoms with Crippen LogP contribution in [0.2, 0.25) is 0 Å². The predicted molar refractivity (Wildman–Crippen MR) is 106 cm³/mol. The Hall–Kier alpha value is -2.69. The molecule has 3 N–H and O–H groups in total. The molecule has 2 amide bonds. The molecule has 2 aromatic heterocycles. The lowest BCUT2D eigenvalue weighted by Crippen LogP contribution is -2.41. The van der Waals surface area contributed by atoms with Gasteiger partial charge in [0, 0.05) is 11.3 Å². The van der Waals surface area contributed by atoms with Crippen molar-refractivity contribution in [2.24, 2.45) is 0 Å². The molecule has 0 aliphatic heterocycles. The van der Waals surface area contributed by atoms with Crippen LogP contribution in [0.25, 0.3) is 0 Å². The summed E-state index contributed by atoms with van der Waals surface area (Å²) in [4.78, 5) is 24.6. The van der Waals surface area contributed by atoms with Gasteiger partial charge in [-0.2, -0.15) is 0 Å². The number of carbonyl (C=O) groups is 2. The second-order valence-electron chi connectivity index (χ2n) is 5.46. The largest absolute Gasteiger partial charge is 0.280 e. The molecule has 0 aliphatic carbocycles.